The Morgan fingerprint density at radius 2 is 1.97 bits per heavy atom. The van der Waals surface area contributed by atoms with Crippen LogP contribution in [0.3, 0.4) is 0 Å². The van der Waals surface area contributed by atoms with Gasteiger partial charge in [0.05, 0.1) is 11.0 Å². The third-order valence-electron chi connectivity index (χ3n) is 8.10. The Kier molecular flexibility index (Phi) is 4.46. The Hall–Kier alpha value is -1.63. The quantitative estimate of drug-likeness (QED) is 0.705. The second-order valence-corrected chi connectivity index (χ2v) is 9.47. The molecule has 3 unspecified atom stereocenters. The van der Waals surface area contributed by atoms with Gasteiger partial charge in [-0.2, -0.15) is 13.2 Å². The van der Waals surface area contributed by atoms with Gasteiger partial charge in [0.1, 0.15) is 0 Å². The first-order valence-corrected chi connectivity index (χ1v) is 10.9. The van der Waals surface area contributed by atoms with Crippen LogP contribution in [0.2, 0.25) is 0 Å². The van der Waals surface area contributed by atoms with Gasteiger partial charge < -0.3 is 9.80 Å². The number of nitrogens with zero attached hydrogens (tertiary/aromatic N) is 3. The molecule has 4 aliphatic rings. The van der Waals surface area contributed by atoms with Crippen molar-refractivity contribution < 1.29 is 18.0 Å². The van der Waals surface area contributed by atoms with Gasteiger partial charge in [0.15, 0.2) is 0 Å². The normalized spacial score (nSPS) is 35.2. The summed E-state index contributed by atoms with van der Waals surface area (Å²) in [5.41, 5.74) is 0.206. The first-order chi connectivity index (χ1) is 13.8. The van der Waals surface area contributed by atoms with Crippen LogP contribution >= 0.6 is 0 Å². The topological polar surface area (TPSA) is 36.4 Å². The molecule has 2 saturated heterocycles. The largest absolute Gasteiger partial charge is 0.417 e. The molecule has 7 heteroatoms. The summed E-state index contributed by atoms with van der Waals surface area (Å²) in [6.45, 7) is 4.70. The molecular formula is C22H28F3N3O. The van der Waals surface area contributed by atoms with Gasteiger partial charge >= 0.3 is 6.18 Å². The Balaban J connectivity index is 1.39. The summed E-state index contributed by atoms with van der Waals surface area (Å²) >= 11 is 0. The van der Waals surface area contributed by atoms with E-state index in [0.29, 0.717) is 18.0 Å². The van der Waals surface area contributed by atoms with Gasteiger partial charge in [-0.1, -0.05) is 13.3 Å². The highest BCUT2D eigenvalue weighted by molar-refractivity contribution is 5.87. The summed E-state index contributed by atoms with van der Waals surface area (Å²) < 4.78 is 39.3. The summed E-state index contributed by atoms with van der Waals surface area (Å²) in [4.78, 5) is 22.1. The number of pyridine rings is 1. The Morgan fingerprint density at radius 3 is 2.69 bits per heavy atom. The lowest BCUT2D eigenvalue weighted by atomic mass is 9.73. The second kappa shape index (κ2) is 6.69. The number of carbonyl (C=O) groups is 1. The van der Waals surface area contributed by atoms with Crippen molar-refractivity contribution in [2.24, 2.45) is 11.3 Å². The monoisotopic (exact) mass is 407 g/mol. The molecule has 3 fully saturated rings. The van der Waals surface area contributed by atoms with E-state index in [-0.39, 0.29) is 29.8 Å². The van der Waals surface area contributed by atoms with Crippen LogP contribution in [0.15, 0.2) is 12.3 Å². The molecule has 3 aliphatic heterocycles. The molecule has 1 saturated carbocycles. The number of carbonyl (C=O) groups excluding carboxylic acids is 1. The van der Waals surface area contributed by atoms with Crippen molar-refractivity contribution in [2.75, 3.05) is 13.1 Å². The van der Waals surface area contributed by atoms with Crippen LogP contribution in [0, 0.1) is 11.3 Å². The van der Waals surface area contributed by atoms with E-state index in [9.17, 15) is 18.0 Å². The first-order valence-electron chi connectivity index (χ1n) is 10.9. The van der Waals surface area contributed by atoms with Crippen LogP contribution in [-0.4, -0.2) is 45.9 Å². The fourth-order valence-corrected chi connectivity index (χ4v) is 6.39. The average Bonchev–Trinajstić information content (AvgIpc) is 3.24. The number of alkyl halides is 3. The van der Waals surface area contributed by atoms with Crippen LogP contribution in [0.5, 0.6) is 0 Å². The summed E-state index contributed by atoms with van der Waals surface area (Å²) in [7, 11) is 0. The molecule has 1 aromatic rings. The number of fused-ring (bicyclic) bond motifs is 2. The molecule has 0 bridgehead atoms. The number of aromatic nitrogens is 1. The lowest BCUT2D eigenvalue weighted by Gasteiger charge is -2.34. The summed E-state index contributed by atoms with van der Waals surface area (Å²) in [5, 5.41) is 0. The predicted molar refractivity (Wildman–Crippen MR) is 102 cm³/mol. The van der Waals surface area contributed by atoms with Crippen molar-refractivity contribution in [3.8, 4) is 0 Å². The minimum Gasteiger partial charge on any atom is -0.334 e. The summed E-state index contributed by atoms with van der Waals surface area (Å²) in [6.07, 6.45) is 3.73. The zero-order chi connectivity index (χ0) is 20.4. The molecule has 0 aromatic carbocycles. The van der Waals surface area contributed by atoms with Crippen molar-refractivity contribution in [2.45, 2.75) is 76.7 Å². The van der Waals surface area contributed by atoms with Gasteiger partial charge in [0.25, 0.3) is 0 Å². The van der Waals surface area contributed by atoms with Gasteiger partial charge in [0, 0.05) is 36.9 Å². The molecular weight excluding hydrogens is 379 g/mol. The average molecular weight is 407 g/mol. The van der Waals surface area contributed by atoms with E-state index in [1.54, 1.807) is 0 Å². The molecule has 0 radical (unpaired) electrons. The van der Waals surface area contributed by atoms with E-state index >= 15 is 0 Å². The SMILES string of the molecule is CC1C2Cc3ncc(C(F)(F)F)cc3CN2C(=O)[C@]12CCC(N1CCCCC1)C2. The highest BCUT2D eigenvalue weighted by atomic mass is 19.4. The molecule has 1 aliphatic carbocycles. The van der Waals surface area contributed by atoms with E-state index in [2.05, 4.69) is 16.8 Å². The zero-order valence-electron chi connectivity index (χ0n) is 16.8. The van der Waals surface area contributed by atoms with Crippen LogP contribution in [0.25, 0.3) is 0 Å². The lowest BCUT2D eigenvalue weighted by Crippen LogP contribution is -2.41. The van der Waals surface area contributed by atoms with E-state index < -0.39 is 11.7 Å². The van der Waals surface area contributed by atoms with Crippen molar-refractivity contribution in [3.05, 3.63) is 29.1 Å². The van der Waals surface area contributed by atoms with Crippen LogP contribution in [-0.2, 0) is 23.9 Å². The molecule has 0 N–H and O–H groups in total. The standard InChI is InChI=1S/C22H28F3N3O/c1-14-19-10-18-15(9-16(12-26-18)22(23,24)25)13-28(19)20(29)21(14)6-5-17(11-21)27-7-3-2-4-8-27/h9,12,14,17,19H,2-8,10-11,13H2,1H3/t14?,17?,19?,21-/m0/s1. The number of halogens is 3. The molecule has 4 nitrogen and oxygen atoms in total. The van der Waals surface area contributed by atoms with Gasteiger partial charge in [-0.15, -0.1) is 0 Å². The smallest absolute Gasteiger partial charge is 0.334 e. The number of likely N-dealkylation sites (tertiary alicyclic amines) is 1. The fourth-order valence-electron chi connectivity index (χ4n) is 6.39. The predicted octanol–water partition coefficient (Wildman–Crippen LogP) is 4.03. The zero-order valence-corrected chi connectivity index (χ0v) is 16.8. The number of rotatable bonds is 1. The van der Waals surface area contributed by atoms with Gasteiger partial charge in [0.2, 0.25) is 5.91 Å². The molecule has 4 atom stereocenters. The molecule has 1 amide bonds. The molecule has 1 aromatic heterocycles. The van der Waals surface area contributed by atoms with E-state index in [4.69, 9.17) is 0 Å². The highest BCUT2D eigenvalue weighted by Gasteiger charge is 2.60. The lowest BCUT2D eigenvalue weighted by molar-refractivity contribution is -0.138. The van der Waals surface area contributed by atoms with Crippen molar-refractivity contribution in [1.29, 1.82) is 0 Å². The Morgan fingerprint density at radius 1 is 1.21 bits per heavy atom. The Bertz CT molecular complexity index is 820. The molecule has 4 heterocycles. The fraction of sp³-hybridized carbons (Fsp3) is 0.727. The maximum Gasteiger partial charge on any atom is 0.417 e. The molecule has 29 heavy (non-hydrogen) atoms. The summed E-state index contributed by atoms with van der Waals surface area (Å²) in [5.74, 6) is 0.375. The maximum atomic E-state index is 13.6. The first kappa shape index (κ1) is 19.3. The van der Waals surface area contributed by atoms with Crippen molar-refractivity contribution in [3.63, 3.8) is 0 Å². The number of hydrogen-bond donors (Lipinski definition) is 0. The van der Waals surface area contributed by atoms with Crippen molar-refractivity contribution >= 4 is 5.91 Å². The maximum absolute atomic E-state index is 13.6. The highest BCUT2D eigenvalue weighted by Crippen LogP contribution is 2.55. The molecule has 158 valence electrons. The van der Waals surface area contributed by atoms with Crippen molar-refractivity contribution in [1.82, 2.24) is 14.8 Å². The summed E-state index contributed by atoms with van der Waals surface area (Å²) in [6, 6.07) is 1.71. The second-order valence-electron chi connectivity index (χ2n) is 9.47. The van der Waals surface area contributed by atoms with E-state index in [0.717, 1.165) is 44.2 Å². The number of piperidine rings is 1. The minimum atomic E-state index is -4.41. The minimum absolute atomic E-state index is 0.0549. The van der Waals surface area contributed by atoms with Gasteiger partial charge in [-0.05, 0) is 62.7 Å². The third-order valence-corrected chi connectivity index (χ3v) is 8.10. The van der Waals surface area contributed by atoms with E-state index in [1.165, 1.54) is 25.3 Å². The third kappa shape index (κ3) is 2.99. The van der Waals surface area contributed by atoms with Crippen LogP contribution in [0.1, 0.15) is 62.3 Å². The Labute approximate surface area is 169 Å². The van der Waals surface area contributed by atoms with Gasteiger partial charge in [-0.3, -0.25) is 9.78 Å². The molecule has 5 rings (SSSR count). The van der Waals surface area contributed by atoms with Crippen LogP contribution in [0.4, 0.5) is 13.2 Å². The van der Waals surface area contributed by atoms with Crippen LogP contribution < -0.4 is 0 Å². The molecule has 1 spiro atoms. The van der Waals surface area contributed by atoms with E-state index in [1.807, 2.05) is 4.90 Å². The number of hydrogen-bond acceptors (Lipinski definition) is 3. The van der Waals surface area contributed by atoms with Gasteiger partial charge in [-0.25, -0.2) is 0 Å². The number of amides is 1.